The fourth-order valence-electron chi connectivity index (χ4n) is 7.86. The van der Waals surface area contributed by atoms with Crippen LogP contribution in [0.2, 0.25) is 13.1 Å². The molecule has 3 fully saturated rings. The Morgan fingerprint density at radius 2 is 1.93 bits per heavy atom. The molecule has 0 unspecified atom stereocenters. The van der Waals surface area contributed by atoms with Crippen LogP contribution in [0.4, 0.5) is 0 Å². The third kappa shape index (κ3) is 3.14. The quantitative estimate of drug-likeness (QED) is 0.629. The van der Waals surface area contributed by atoms with Gasteiger partial charge in [-0.1, -0.05) is 33.8 Å². The lowest BCUT2D eigenvalue weighted by molar-refractivity contribution is -0.126. The lowest BCUT2D eigenvalue weighted by Gasteiger charge is -2.59. The minimum absolute atomic E-state index is 0.175. The van der Waals surface area contributed by atoms with Crippen molar-refractivity contribution >= 4 is 14.9 Å². The van der Waals surface area contributed by atoms with Crippen LogP contribution in [0.1, 0.15) is 72.6 Å². The number of carbonyl (C=O) groups excluding carboxylic acids is 1. The summed E-state index contributed by atoms with van der Waals surface area (Å²) in [7, 11) is -0.669. The predicted octanol–water partition coefficient (Wildman–Crippen LogP) is 5.54. The average molecular weight is 403 g/mol. The van der Waals surface area contributed by atoms with E-state index in [1.165, 1.54) is 31.4 Å². The zero-order chi connectivity index (χ0) is 20.3. The zero-order valence-corrected chi connectivity index (χ0v) is 19.9. The lowest BCUT2D eigenvalue weighted by atomic mass is 9.47. The minimum Gasteiger partial charge on any atom is -0.417 e. The van der Waals surface area contributed by atoms with Crippen LogP contribution in [-0.2, 0) is 9.22 Å². The normalized spacial score (nSPS) is 43.1. The number of hydrogen-bond acceptors (Lipinski definition) is 2. The Balaban J connectivity index is 1.68. The standard InChI is InChI=1S/C24H40NO2Si/c1-22(2,3)19-9-8-18-16-7-10-20-23(4,13-12-21(26)25-20)17(16)11-14-24(18,19)15-27-28(5)6/h10,16-19H,7-9,11-15H2,1-6H3,(H,25,26)/t16-,17+,18+,19-,23-,24-/m1/s1. The highest BCUT2D eigenvalue weighted by molar-refractivity contribution is 6.48. The van der Waals surface area contributed by atoms with Crippen molar-refractivity contribution in [2.45, 2.75) is 85.7 Å². The third-order valence-electron chi connectivity index (χ3n) is 9.00. The van der Waals surface area contributed by atoms with E-state index in [-0.39, 0.29) is 11.3 Å². The summed E-state index contributed by atoms with van der Waals surface area (Å²) in [5.41, 5.74) is 2.12. The van der Waals surface area contributed by atoms with Crippen molar-refractivity contribution in [3.8, 4) is 0 Å². The lowest BCUT2D eigenvalue weighted by Crippen LogP contribution is -2.56. The van der Waals surface area contributed by atoms with E-state index in [1.807, 2.05) is 0 Å². The first-order chi connectivity index (χ1) is 13.1. The van der Waals surface area contributed by atoms with Gasteiger partial charge in [-0.15, -0.1) is 0 Å². The van der Waals surface area contributed by atoms with Crippen LogP contribution < -0.4 is 5.32 Å². The number of nitrogens with one attached hydrogen (secondary N) is 1. The number of allylic oxidation sites excluding steroid dienone is 2. The number of amides is 1. The fourth-order valence-corrected chi connectivity index (χ4v) is 8.42. The minimum atomic E-state index is -0.669. The molecule has 3 aliphatic carbocycles. The van der Waals surface area contributed by atoms with Crippen LogP contribution in [0.25, 0.3) is 0 Å². The molecule has 0 aromatic carbocycles. The fraction of sp³-hybridized carbons (Fsp3) is 0.875. The van der Waals surface area contributed by atoms with E-state index < -0.39 is 9.04 Å². The second-order valence-corrected chi connectivity index (χ2v) is 13.8. The van der Waals surface area contributed by atoms with Gasteiger partial charge in [0.25, 0.3) is 0 Å². The van der Waals surface area contributed by atoms with Crippen LogP contribution in [0.3, 0.4) is 0 Å². The van der Waals surface area contributed by atoms with Crippen molar-refractivity contribution in [1.82, 2.24) is 5.32 Å². The molecular formula is C24H40NO2Si. The molecule has 2 saturated carbocycles. The summed E-state index contributed by atoms with van der Waals surface area (Å²) in [4.78, 5) is 12.0. The molecule has 3 nitrogen and oxygen atoms in total. The van der Waals surface area contributed by atoms with Gasteiger partial charge < -0.3 is 9.74 Å². The molecule has 4 heteroatoms. The molecule has 1 amide bonds. The summed E-state index contributed by atoms with van der Waals surface area (Å²) in [5.74, 6) is 3.24. The van der Waals surface area contributed by atoms with Gasteiger partial charge in [0.2, 0.25) is 14.9 Å². The van der Waals surface area contributed by atoms with Crippen molar-refractivity contribution in [3.63, 3.8) is 0 Å². The Kier molecular flexibility index (Phi) is 5.14. The molecule has 0 aromatic rings. The molecule has 1 heterocycles. The van der Waals surface area contributed by atoms with Gasteiger partial charge in [0, 0.05) is 24.1 Å². The summed E-state index contributed by atoms with van der Waals surface area (Å²) < 4.78 is 6.47. The van der Waals surface area contributed by atoms with E-state index in [9.17, 15) is 4.79 Å². The zero-order valence-electron chi connectivity index (χ0n) is 18.9. The third-order valence-corrected chi connectivity index (χ3v) is 9.72. The second-order valence-electron chi connectivity index (χ2n) is 11.7. The van der Waals surface area contributed by atoms with Crippen molar-refractivity contribution in [2.75, 3.05) is 6.61 Å². The maximum Gasteiger partial charge on any atom is 0.224 e. The van der Waals surface area contributed by atoms with Gasteiger partial charge in [-0.2, -0.15) is 0 Å². The molecule has 0 spiro atoms. The second kappa shape index (κ2) is 6.97. The van der Waals surface area contributed by atoms with Gasteiger partial charge >= 0.3 is 0 Å². The van der Waals surface area contributed by atoms with Crippen LogP contribution in [0, 0.1) is 39.9 Å². The Labute approximate surface area is 173 Å². The maximum atomic E-state index is 12.0. The summed E-state index contributed by atoms with van der Waals surface area (Å²) in [6.07, 6.45) is 10.6. The number of fused-ring (bicyclic) bond motifs is 5. The maximum absolute atomic E-state index is 12.0. The molecule has 1 N–H and O–H groups in total. The highest BCUT2D eigenvalue weighted by atomic mass is 28.3. The molecule has 1 radical (unpaired) electrons. The molecule has 6 atom stereocenters. The van der Waals surface area contributed by atoms with Gasteiger partial charge in [-0.3, -0.25) is 4.79 Å². The summed E-state index contributed by atoms with van der Waals surface area (Å²) >= 11 is 0. The Morgan fingerprint density at radius 1 is 1.18 bits per heavy atom. The number of rotatable bonds is 3. The van der Waals surface area contributed by atoms with Crippen molar-refractivity contribution in [1.29, 1.82) is 0 Å². The Morgan fingerprint density at radius 3 is 2.61 bits per heavy atom. The first-order valence-corrected chi connectivity index (χ1v) is 13.9. The van der Waals surface area contributed by atoms with E-state index in [1.54, 1.807) is 0 Å². The number of hydrogen-bond donors (Lipinski definition) is 1. The van der Waals surface area contributed by atoms with E-state index in [0.29, 0.717) is 17.3 Å². The van der Waals surface area contributed by atoms with Gasteiger partial charge in [-0.05, 0) is 86.1 Å². The summed E-state index contributed by atoms with van der Waals surface area (Å²) in [6.45, 7) is 15.3. The van der Waals surface area contributed by atoms with Crippen molar-refractivity contribution in [3.05, 3.63) is 11.8 Å². The monoisotopic (exact) mass is 402 g/mol. The Hall–Kier alpha value is -0.613. The molecule has 1 aliphatic heterocycles. The van der Waals surface area contributed by atoms with Crippen LogP contribution >= 0.6 is 0 Å². The highest BCUT2D eigenvalue weighted by Crippen LogP contribution is 2.67. The summed E-state index contributed by atoms with van der Waals surface area (Å²) in [5, 5.41) is 3.24. The molecule has 28 heavy (non-hydrogen) atoms. The van der Waals surface area contributed by atoms with Gasteiger partial charge in [0.1, 0.15) is 0 Å². The molecule has 4 rings (SSSR count). The van der Waals surface area contributed by atoms with E-state index in [0.717, 1.165) is 43.1 Å². The van der Waals surface area contributed by atoms with E-state index in [2.05, 4.69) is 52.2 Å². The summed E-state index contributed by atoms with van der Waals surface area (Å²) in [6, 6.07) is 0. The van der Waals surface area contributed by atoms with Crippen LogP contribution in [0.5, 0.6) is 0 Å². The Bertz CT molecular complexity index is 666. The van der Waals surface area contributed by atoms with Gasteiger partial charge in [0.05, 0.1) is 0 Å². The SMILES string of the molecule is C[Si](C)OC[C@]12CC[C@H]3[C@@H](CC=C4NC(=O)CC[C@@]43C)[C@@H]1CC[C@@H]2C(C)(C)C. The van der Waals surface area contributed by atoms with Crippen molar-refractivity contribution in [2.24, 2.45) is 39.9 Å². The molecule has 4 aliphatic rings. The largest absolute Gasteiger partial charge is 0.417 e. The van der Waals surface area contributed by atoms with Gasteiger partial charge in [0.15, 0.2) is 0 Å². The average Bonchev–Trinajstić information content (AvgIpc) is 3.01. The molecular weight excluding hydrogens is 362 g/mol. The highest BCUT2D eigenvalue weighted by Gasteiger charge is 2.62. The predicted molar refractivity (Wildman–Crippen MR) is 116 cm³/mol. The first-order valence-electron chi connectivity index (χ1n) is 11.5. The molecule has 0 bridgehead atoms. The van der Waals surface area contributed by atoms with Crippen LogP contribution in [0.15, 0.2) is 11.8 Å². The molecule has 0 aromatic heterocycles. The van der Waals surface area contributed by atoms with E-state index >= 15 is 0 Å². The molecule has 157 valence electrons. The smallest absolute Gasteiger partial charge is 0.224 e. The number of carbonyl (C=O) groups is 1. The number of piperidine rings is 1. The van der Waals surface area contributed by atoms with E-state index in [4.69, 9.17) is 4.43 Å². The van der Waals surface area contributed by atoms with Crippen LogP contribution in [-0.4, -0.2) is 21.6 Å². The first kappa shape index (κ1) is 20.7. The molecule has 1 saturated heterocycles. The van der Waals surface area contributed by atoms with Crippen molar-refractivity contribution < 1.29 is 9.22 Å². The topological polar surface area (TPSA) is 38.3 Å². The van der Waals surface area contributed by atoms with Gasteiger partial charge in [-0.25, -0.2) is 0 Å².